The third kappa shape index (κ3) is 5.75. The molecule has 0 aliphatic rings. The number of phenolic OH excluding ortho intramolecular Hbond substituents is 1. The van der Waals surface area contributed by atoms with Crippen LogP contribution in [0.2, 0.25) is 0 Å². The van der Waals surface area contributed by atoms with Crippen molar-refractivity contribution in [2.24, 2.45) is 5.10 Å². The maximum atomic E-state index is 12.9. The number of thiocarbonyl (C=S) groups is 1. The normalized spacial score (nSPS) is 11.4. The first-order valence-corrected chi connectivity index (χ1v) is 9.07. The monoisotopic (exact) mass is 523 g/mol. The zero-order chi connectivity index (χ0) is 20.2. The maximum absolute atomic E-state index is 12.9. The van der Waals surface area contributed by atoms with Crippen LogP contribution < -0.4 is 10.7 Å². The molecule has 0 saturated heterocycles. The molecule has 0 bridgehead atoms. The number of anilines is 1. The number of nitrogens with one attached hydrogen (secondary N) is 2. The molecule has 0 saturated carbocycles. The molecule has 11 heteroatoms. The molecule has 0 atom stereocenters. The van der Waals surface area contributed by atoms with Gasteiger partial charge in [0.15, 0.2) is 4.99 Å². The summed E-state index contributed by atoms with van der Waals surface area (Å²) in [5, 5.41) is 15.7. The lowest BCUT2D eigenvalue weighted by Gasteiger charge is -2.13. The average Bonchev–Trinajstić information content (AvgIpc) is 2.58. The Balaban J connectivity index is 2.07. The Kier molecular flexibility index (Phi) is 6.95. The maximum Gasteiger partial charge on any atom is 0.418 e. The lowest BCUT2D eigenvalue weighted by atomic mass is 10.1. The summed E-state index contributed by atoms with van der Waals surface area (Å²) in [5.41, 5.74) is 1.14. The van der Waals surface area contributed by atoms with Gasteiger partial charge >= 0.3 is 6.18 Å². The predicted molar refractivity (Wildman–Crippen MR) is 107 cm³/mol. The Labute approximate surface area is 173 Å². The highest BCUT2D eigenvalue weighted by Gasteiger charge is 2.33. The molecule has 0 aliphatic carbocycles. The third-order valence-electron chi connectivity index (χ3n) is 3.11. The van der Waals surface area contributed by atoms with Crippen LogP contribution >= 0.6 is 44.1 Å². The molecule has 2 rings (SSSR count). The number of hydrogen-bond acceptors (Lipinski definition) is 4. The van der Waals surface area contributed by atoms with E-state index in [0.29, 0.717) is 14.5 Å². The van der Waals surface area contributed by atoms with Gasteiger partial charge in [-0.3, -0.25) is 10.2 Å². The smallest absolute Gasteiger partial charge is 0.418 e. The fraction of sp³-hybridized carbons (Fsp3) is 0.0625. The number of nitrogens with zero attached hydrogens (tertiary/aromatic N) is 1. The van der Waals surface area contributed by atoms with Crippen LogP contribution in [-0.2, 0) is 11.0 Å². The van der Waals surface area contributed by atoms with Crippen molar-refractivity contribution in [2.75, 3.05) is 5.32 Å². The number of phenols is 1. The van der Waals surface area contributed by atoms with E-state index in [1.54, 1.807) is 12.1 Å². The molecule has 0 heterocycles. The van der Waals surface area contributed by atoms with Gasteiger partial charge in [0.05, 0.1) is 21.9 Å². The number of alkyl halides is 3. The number of hydrazone groups is 1. The van der Waals surface area contributed by atoms with E-state index >= 15 is 0 Å². The standard InChI is InChI=1S/C16H10Br2F3N3O2S/c17-9-5-8(13(25)11(18)6-9)7-22-24-15(27)14(26)23-12-4-2-1-3-10(12)16(19,20)21/h1-7,25H,(H,23,26)(H,24,27)/b22-7+. The number of para-hydroxylation sites is 1. The molecule has 0 aliphatic heterocycles. The van der Waals surface area contributed by atoms with Gasteiger partial charge in [0.25, 0.3) is 5.91 Å². The van der Waals surface area contributed by atoms with E-state index in [1.165, 1.54) is 18.3 Å². The Morgan fingerprint density at radius 2 is 1.89 bits per heavy atom. The molecule has 2 aromatic rings. The highest BCUT2D eigenvalue weighted by atomic mass is 79.9. The summed E-state index contributed by atoms with van der Waals surface area (Å²) < 4.78 is 39.9. The summed E-state index contributed by atoms with van der Waals surface area (Å²) in [4.78, 5) is 11.5. The Morgan fingerprint density at radius 1 is 1.22 bits per heavy atom. The molecule has 0 spiro atoms. The summed E-state index contributed by atoms with van der Waals surface area (Å²) >= 11 is 11.2. The van der Waals surface area contributed by atoms with Crippen molar-refractivity contribution in [3.05, 3.63) is 56.5 Å². The molecule has 142 valence electrons. The van der Waals surface area contributed by atoms with Gasteiger partial charge in [-0.1, -0.05) is 40.3 Å². The average molecular weight is 525 g/mol. The number of halogens is 5. The van der Waals surface area contributed by atoms with Crippen LogP contribution in [0.15, 0.2) is 50.4 Å². The van der Waals surface area contributed by atoms with Gasteiger partial charge in [0.2, 0.25) is 0 Å². The highest BCUT2D eigenvalue weighted by Crippen LogP contribution is 2.34. The number of amides is 1. The van der Waals surface area contributed by atoms with Crippen molar-refractivity contribution in [3.8, 4) is 5.75 Å². The van der Waals surface area contributed by atoms with E-state index in [4.69, 9.17) is 12.2 Å². The lowest BCUT2D eigenvalue weighted by molar-refractivity contribution is -0.136. The second-order valence-corrected chi connectivity index (χ2v) is 7.20. The second-order valence-electron chi connectivity index (χ2n) is 5.02. The highest BCUT2D eigenvalue weighted by molar-refractivity contribution is 9.11. The van der Waals surface area contributed by atoms with Gasteiger partial charge in [-0.25, -0.2) is 0 Å². The van der Waals surface area contributed by atoms with E-state index < -0.39 is 28.3 Å². The van der Waals surface area contributed by atoms with Crippen molar-refractivity contribution < 1.29 is 23.1 Å². The molecule has 0 unspecified atom stereocenters. The van der Waals surface area contributed by atoms with Crippen LogP contribution in [0.1, 0.15) is 11.1 Å². The molecular formula is C16H10Br2F3N3O2S. The zero-order valence-electron chi connectivity index (χ0n) is 13.1. The van der Waals surface area contributed by atoms with Crippen molar-refractivity contribution >= 4 is 66.9 Å². The molecule has 3 N–H and O–H groups in total. The van der Waals surface area contributed by atoms with Gasteiger partial charge in [-0.05, 0) is 40.2 Å². The van der Waals surface area contributed by atoms with Gasteiger partial charge < -0.3 is 10.4 Å². The summed E-state index contributed by atoms with van der Waals surface area (Å²) in [5.74, 6) is -1.04. The summed E-state index contributed by atoms with van der Waals surface area (Å²) in [6.45, 7) is 0. The number of aromatic hydroxyl groups is 1. The molecule has 5 nitrogen and oxygen atoms in total. The van der Waals surface area contributed by atoms with E-state index in [1.807, 2.05) is 0 Å². The van der Waals surface area contributed by atoms with Gasteiger partial charge in [0.1, 0.15) is 5.75 Å². The van der Waals surface area contributed by atoms with Crippen molar-refractivity contribution in [3.63, 3.8) is 0 Å². The number of hydrogen-bond donors (Lipinski definition) is 3. The number of carbonyl (C=O) groups excluding carboxylic acids is 1. The second kappa shape index (κ2) is 8.81. The van der Waals surface area contributed by atoms with Crippen LogP contribution in [0.5, 0.6) is 5.75 Å². The van der Waals surface area contributed by atoms with E-state index in [9.17, 15) is 23.1 Å². The molecule has 0 radical (unpaired) electrons. The van der Waals surface area contributed by atoms with Crippen LogP contribution in [0.25, 0.3) is 0 Å². The van der Waals surface area contributed by atoms with Crippen LogP contribution in [-0.4, -0.2) is 22.2 Å². The molecule has 27 heavy (non-hydrogen) atoms. The predicted octanol–water partition coefficient (Wildman–Crippen LogP) is 4.83. The molecule has 2 aromatic carbocycles. The summed E-state index contributed by atoms with van der Waals surface area (Å²) in [7, 11) is 0. The minimum Gasteiger partial charge on any atom is -0.506 e. The van der Waals surface area contributed by atoms with Gasteiger partial charge in [-0.2, -0.15) is 18.3 Å². The quantitative estimate of drug-likeness (QED) is 0.305. The first-order valence-electron chi connectivity index (χ1n) is 7.08. The first kappa shape index (κ1) is 21.3. The van der Waals surface area contributed by atoms with Crippen molar-refractivity contribution in [1.82, 2.24) is 5.43 Å². The fourth-order valence-corrected chi connectivity index (χ4v) is 3.28. The number of rotatable bonds is 3. The lowest BCUT2D eigenvalue weighted by Crippen LogP contribution is -2.31. The van der Waals surface area contributed by atoms with E-state index in [0.717, 1.165) is 12.1 Å². The fourth-order valence-electron chi connectivity index (χ4n) is 1.91. The Hall–Kier alpha value is -1.98. The van der Waals surface area contributed by atoms with E-state index in [-0.39, 0.29) is 5.75 Å². The van der Waals surface area contributed by atoms with Gasteiger partial charge in [0, 0.05) is 10.0 Å². The first-order chi connectivity index (χ1) is 12.6. The Bertz CT molecular complexity index is 920. The van der Waals surface area contributed by atoms with Crippen LogP contribution in [0, 0.1) is 0 Å². The number of carbonyl (C=O) groups is 1. The molecule has 0 fully saturated rings. The molecular weight excluding hydrogens is 515 g/mol. The Morgan fingerprint density at radius 3 is 2.56 bits per heavy atom. The zero-order valence-corrected chi connectivity index (χ0v) is 17.1. The molecule has 1 amide bonds. The molecule has 0 aromatic heterocycles. The minimum absolute atomic E-state index is 0.0850. The third-order valence-corrected chi connectivity index (χ3v) is 4.45. The summed E-state index contributed by atoms with van der Waals surface area (Å²) in [6, 6.07) is 7.71. The SMILES string of the molecule is O=C(Nc1ccccc1C(F)(F)F)C(=S)N/N=C/c1cc(Br)cc(Br)c1O. The van der Waals surface area contributed by atoms with E-state index in [2.05, 4.69) is 47.7 Å². The topological polar surface area (TPSA) is 73.7 Å². The van der Waals surface area contributed by atoms with Crippen LogP contribution in [0.4, 0.5) is 18.9 Å². The van der Waals surface area contributed by atoms with Crippen molar-refractivity contribution in [2.45, 2.75) is 6.18 Å². The largest absolute Gasteiger partial charge is 0.506 e. The summed E-state index contributed by atoms with van der Waals surface area (Å²) in [6.07, 6.45) is -3.42. The van der Waals surface area contributed by atoms with Crippen molar-refractivity contribution in [1.29, 1.82) is 0 Å². The van der Waals surface area contributed by atoms with Crippen LogP contribution in [0.3, 0.4) is 0 Å². The minimum atomic E-state index is -4.62. The van der Waals surface area contributed by atoms with Gasteiger partial charge in [-0.15, -0.1) is 0 Å². The number of benzene rings is 2.